The minimum absolute atomic E-state index is 0.326. The van der Waals surface area contributed by atoms with E-state index in [1.807, 2.05) is 24.3 Å². The zero-order valence-electron chi connectivity index (χ0n) is 10.6. The van der Waals surface area contributed by atoms with Gasteiger partial charge in [-0.3, -0.25) is 4.79 Å². The Hall–Kier alpha value is -2.14. The average Bonchev–Trinajstić information content (AvgIpc) is 2.47. The molecule has 1 aromatic carbocycles. The first-order valence-electron chi connectivity index (χ1n) is 6.41. The van der Waals surface area contributed by atoms with E-state index in [9.17, 15) is 4.79 Å². The molecule has 5 nitrogen and oxygen atoms in total. The Morgan fingerprint density at radius 2 is 2.00 bits per heavy atom. The Kier molecular flexibility index (Phi) is 3.05. The van der Waals surface area contributed by atoms with Gasteiger partial charge in [0.1, 0.15) is 5.69 Å². The number of primary amides is 1. The molecule has 1 aromatic heterocycles. The number of carbonyl (C=O) groups is 1. The standard InChI is InChI=1S/C14H16N4O/c15-14(19)12-9-13(18-7-5-16-6-8-18)10-3-1-2-4-11(10)17-12/h1-4,9,16H,5-8H2,(H2,15,19). The summed E-state index contributed by atoms with van der Waals surface area (Å²) in [5, 5.41) is 4.39. The van der Waals surface area contributed by atoms with Crippen LogP contribution in [0.2, 0.25) is 0 Å². The number of pyridine rings is 1. The highest BCUT2D eigenvalue weighted by atomic mass is 16.1. The van der Waals surface area contributed by atoms with Crippen molar-refractivity contribution in [3.8, 4) is 0 Å². The third-order valence-corrected chi connectivity index (χ3v) is 3.40. The molecule has 5 heteroatoms. The number of amides is 1. The van der Waals surface area contributed by atoms with Crippen molar-refractivity contribution in [2.75, 3.05) is 31.1 Å². The van der Waals surface area contributed by atoms with Gasteiger partial charge < -0.3 is 16.0 Å². The number of hydrogen-bond acceptors (Lipinski definition) is 4. The number of fused-ring (bicyclic) bond motifs is 1. The van der Waals surface area contributed by atoms with Gasteiger partial charge in [0, 0.05) is 37.3 Å². The normalized spacial score (nSPS) is 15.7. The topological polar surface area (TPSA) is 71.2 Å². The molecule has 0 atom stereocenters. The molecule has 2 aromatic rings. The fourth-order valence-corrected chi connectivity index (χ4v) is 2.45. The first kappa shape index (κ1) is 11.9. The molecule has 0 saturated carbocycles. The number of para-hydroxylation sites is 1. The third-order valence-electron chi connectivity index (χ3n) is 3.40. The van der Waals surface area contributed by atoms with Gasteiger partial charge in [-0.25, -0.2) is 4.98 Å². The van der Waals surface area contributed by atoms with Crippen LogP contribution in [0.5, 0.6) is 0 Å². The highest BCUT2D eigenvalue weighted by molar-refractivity contribution is 5.99. The molecule has 1 aliphatic heterocycles. The number of hydrogen-bond donors (Lipinski definition) is 2. The maximum atomic E-state index is 11.4. The average molecular weight is 256 g/mol. The molecule has 2 heterocycles. The first-order chi connectivity index (χ1) is 9.25. The van der Waals surface area contributed by atoms with Crippen molar-refractivity contribution in [1.82, 2.24) is 10.3 Å². The van der Waals surface area contributed by atoms with Gasteiger partial charge >= 0.3 is 0 Å². The van der Waals surface area contributed by atoms with Crippen molar-refractivity contribution in [2.24, 2.45) is 5.73 Å². The summed E-state index contributed by atoms with van der Waals surface area (Å²) in [6, 6.07) is 9.65. The summed E-state index contributed by atoms with van der Waals surface area (Å²) in [4.78, 5) is 18.0. The van der Waals surface area contributed by atoms with Crippen LogP contribution in [-0.2, 0) is 0 Å². The number of piperazine rings is 1. The largest absolute Gasteiger partial charge is 0.368 e. The molecule has 3 rings (SSSR count). The van der Waals surface area contributed by atoms with Crippen LogP contribution in [0.1, 0.15) is 10.5 Å². The zero-order chi connectivity index (χ0) is 13.2. The number of nitrogens with one attached hydrogen (secondary N) is 1. The van der Waals surface area contributed by atoms with Crippen molar-refractivity contribution in [3.05, 3.63) is 36.0 Å². The van der Waals surface area contributed by atoms with Gasteiger partial charge in [-0.05, 0) is 12.1 Å². The molecule has 3 N–H and O–H groups in total. The Morgan fingerprint density at radius 3 is 2.74 bits per heavy atom. The van der Waals surface area contributed by atoms with Crippen LogP contribution >= 0.6 is 0 Å². The summed E-state index contributed by atoms with van der Waals surface area (Å²) < 4.78 is 0. The van der Waals surface area contributed by atoms with E-state index in [1.54, 1.807) is 6.07 Å². The van der Waals surface area contributed by atoms with Crippen LogP contribution in [0.4, 0.5) is 5.69 Å². The number of anilines is 1. The number of carbonyl (C=O) groups excluding carboxylic acids is 1. The lowest BCUT2D eigenvalue weighted by Gasteiger charge is -2.30. The van der Waals surface area contributed by atoms with Gasteiger partial charge in [-0.1, -0.05) is 18.2 Å². The van der Waals surface area contributed by atoms with E-state index in [-0.39, 0.29) is 0 Å². The van der Waals surface area contributed by atoms with E-state index in [0.717, 1.165) is 42.8 Å². The molecule has 1 fully saturated rings. The number of aromatic nitrogens is 1. The van der Waals surface area contributed by atoms with Gasteiger partial charge in [0.25, 0.3) is 5.91 Å². The molecule has 0 unspecified atom stereocenters. The van der Waals surface area contributed by atoms with Gasteiger partial charge in [-0.15, -0.1) is 0 Å². The fourth-order valence-electron chi connectivity index (χ4n) is 2.45. The minimum atomic E-state index is -0.484. The molecule has 1 amide bonds. The van der Waals surface area contributed by atoms with E-state index in [2.05, 4.69) is 15.2 Å². The molecule has 98 valence electrons. The molecule has 0 spiro atoms. The molecule has 0 aliphatic carbocycles. The van der Waals surface area contributed by atoms with Crippen molar-refractivity contribution in [2.45, 2.75) is 0 Å². The molecular formula is C14H16N4O. The quantitative estimate of drug-likeness (QED) is 0.831. The lowest BCUT2D eigenvalue weighted by atomic mass is 10.1. The van der Waals surface area contributed by atoms with Gasteiger partial charge in [0.15, 0.2) is 0 Å². The Balaban J connectivity index is 2.16. The highest BCUT2D eigenvalue weighted by Crippen LogP contribution is 2.26. The molecule has 0 bridgehead atoms. The van der Waals surface area contributed by atoms with Gasteiger partial charge in [-0.2, -0.15) is 0 Å². The van der Waals surface area contributed by atoms with E-state index >= 15 is 0 Å². The Bertz CT molecular complexity index is 620. The van der Waals surface area contributed by atoms with Crippen LogP contribution in [-0.4, -0.2) is 37.1 Å². The second-order valence-electron chi connectivity index (χ2n) is 4.65. The van der Waals surface area contributed by atoms with Gasteiger partial charge in [0.2, 0.25) is 0 Å². The third kappa shape index (κ3) is 2.24. The van der Waals surface area contributed by atoms with Crippen LogP contribution in [0.25, 0.3) is 10.9 Å². The fraction of sp³-hybridized carbons (Fsp3) is 0.286. The van der Waals surface area contributed by atoms with Crippen molar-refractivity contribution in [3.63, 3.8) is 0 Å². The summed E-state index contributed by atoms with van der Waals surface area (Å²) in [7, 11) is 0. The monoisotopic (exact) mass is 256 g/mol. The molecular weight excluding hydrogens is 240 g/mol. The summed E-state index contributed by atoms with van der Waals surface area (Å²) in [6.07, 6.45) is 0. The second kappa shape index (κ2) is 4.85. The lowest BCUT2D eigenvalue weighted by Crippen LogP contribution is -2.43. The summed E-state index contributed by atoms with van der Waals surface area (Å²) in [6.45, 7) is 3.74. The summed E-state index contributed by atoms with van der Waals surface area (Å²) >= 11 is 0. The van der Waals surface area contributed by atoms with Crippen molar-refractivity contribution >= 4 is 22.5 Å². The maximum Gasteiger partial charge on any atom is 0.267 e. The number of benzene rings is 1. The predicted molar refractivity (Wildman–Crippen MR) is 75.3 cm³/mol. The van der Waals surface area contributed by atoms with Crippen molar-refractivity contribution in [1.29, 1.82) is 0 Å². The van der Waals surface area contributed by atoms with Gasteiger partial charge in [0.05, 0.1) is 5.52 Å². The van der Waals surface area contributed by atoms with Crippen LogP contribution < -0.4 is 16.0 Å². The number of nitrogens with two attached hydrogens (primary N) is 1. The van der Waals surface area contributed by atoms with E-state index in [4.69, 9.17) is 5.73 Å². The molecule has 0 radical (unpaired) electrons. The number of nitrogens with zero attached hydrogens (tertiary/aromatic N) is 2. The first-order valence-corrected chi connectivity index (χ1v) is 6.41. The molecule has 19 heavy (non-hydrogen) atoms. The number of rotatable bonds is 2. The molecule has 1 saturated heterocycles. The van der Waals surface area contributed by atoms with Crippen LogP contribution in [0.3, 0.4) is 0 Å². The Morgan fingerprint density at radius 1 is 1.26 bits per heavy atom. The van der Waals surface area contributed by atoms with Crippen LogP contribution in [0, 0.1) is 0 Å². The summed E-state index contributed by atoms with van der Waals surface area (Å²) in [5.74, 6) is -0.484. The minimum Gasteiger partial charge on any atom is -0.368 e. The molecule has 1 aliphatic rings. The van der Waals surface area contributed by atoms with E-state index < -0.39 is 5.91 Å². The SMILES string of the molecule is NC(=O)c1cc(N2CCNCC2)c2ccccc2n1. The highest BCUT2D eigenvalue weighted by Gasteiger charge is 2.16. The summed E-state index contributed by atoms with van der Waals surface area (Å²) in [5.41, 5.74) is 7.55. The lowest BCUT2D eigenvalue weighted by molar-refractivity contribution is 0.0996. The smallest absolute Gasteiger partial charge is 0.267 e. The van der Waals surface area contributed by atoms with Crippen molar-refractivity contribution < 1.29 is 4.79 Å². The maximum absolute atomic E-state index is 11.4. The zero-order valence-corrected chi connectivity index (χ0v) is 10.6. The Labute approximate surface area is 111 Å². The predicted octanol–water partition coefficient (Wildman–Crippen LogP) is 0.743. The van der Waals surface area contributed by atoms with E-state index in [1.165, 1.54) is 0 Å². The second-order valence-corrected chi connectivity index (χ2v) is 4.65. The van der Waals surface area contributed by atoms with Crippen LogP contribution in [0.15, 0.2) is 30.3 Å². The van der Waals surface area contributed by atoms with E-state index in [0.29, 0.717) is 5.69 Å².